The van der Waals surface area contributed by atoms with Crippen molar-refractivity contribution in [3.63, 3.8) is 0 Å². The fourth-order valence-electron chi connectivity index (χ4n) is 2.45. The molecule has 1 N–H and O–H groups in total. The third-order valence-corrected chi connectivity index (χ3v) is 5.45. The highest BCUT2D eigenvalue weighted by Gasteiger charge is 2.33. The molecule has 1 aromatic rings. The van der Waals surface area contributed by atoms with Crippen molar-refractivity contribution in [2.75, 3.05) is 13.1 Å². The van der Waals surface area contributed by atoms with Crippen LogP contribution in [0.1, 0.15) is 30.1 Å². The SMILES string of the molecule is CC(=O)c1cccc(S(=O)(=O)N2CCC(CC(=O)O)C2)c1. The minimum absolute atomic E-state index is 0.0283. The van der Waals surface area contributed by atoms with Crippen LogP contribution in [0, 0.1) is 5.92 Å². The lowest BCUT2D eigenvalue weighted by molar-refractivity contribution is -0.137. The maximum atomic E-state index is 12.5. The van der Waals surface area contributed by atoms with E-state index < -0.39 is 16.0 Å². The number of carbonyl (C=O) groups is 2. The van der Waals surface area contributed by atoms with Crippen LogP contribution in [-0.2, 0) is 14.8 Å². The van der Waals surface area contributed by atoms with Crippen molar-refractivity contribution >= 4 is 21.8 Å². The van der Waals surface area contributed by atoms with Crippen LogP contribution in [0.15, 0.2) is 29.2 Å². The standard InChI is InChI=1S/C14H17NO5S/c1-10(16)12-3-2-4-13(8-12)21(19,20)15-6-5-11(9-15)7-14(17)18/h2-4,8,11H,5-7,9H2,1H3,(H,17,18). The number of carboxylic acids is 1. The van der Waals surface area contributed by atoms with Gasteiger partial charge in [0.05, 0.1) is 4.90 Å². The molecule has 1 aliphatic rings. The number of hydrogen-bond donors (Lipinski definition) is 1. The molecule has 1 atom stereocenters. The third-order valence-electron chi connectivity index (χ3n) is 3.59. The topological polar surface area (TPSA) is 91.8 Å². The summed E-state index contributed by atoms with van der Waals surface area (Å²) in [5, 5.41) is 8.77. The molecule has 6 nitrogen and oxygen atoms in total. The van der Waals surface area contributed by atoms with Gasteiger partial charge in [0.2, 0.25) is 10.0 Å². The smallest absolute Gasteiger partial charge is 0.303 e. The lowest BCUT2D eigenvalue weighted by atomic mass is 10.1. The molecule has 21 heavy (non-hydrogen) atoms. The number of aliphatic carboxylic acids is 1. The second-order valence-corrected chi connectivity index (χ2v) is 7.14. The van der Waals surface area contributed by atoms with Crippen LogP contribution in [0.4, 0.5) is 0 Å². The Hall–Kier alpha value is -1.73. The molecule has 0 saturated carbocycles. The summed E-state index contributed by atoms with van der Waals surface area (Å²) in [5.74, 6) is -1.27. The molecule has 1 aromatic carbocycles. The Morgan fingerprint density at radius 1 is 1.38 bits per heavy atom. The molecule has 1 heterocycles. The predicted molar refractivity (Wildman–Crippen MR) is 75.6 cm³/mol. The molecular formula is C14H17NO5S. The summed E-state index contributed by atoms with van der Waals surface area (Å²) in [6.07, 6.45) is 0.511. The minimum atomic E-state index is -3.68. The van der Waals surface area contributed by atoms with Crippen LogP contribution in [0.3, 0.4) is 0 Å². The zero-order valence-corrected chi connectivity index (χ0v) is 12.5. The summed E-state index contributed by atoms with van der Waals surface area (Å²) >= 11 is 0. The van der Waals surface area contributed by atoms with Crippen molar-refractivity contribution in [1.82, 2.24) is 4.31 Å². The Balaban J connectivity index is 2.21. The quantitative estimate of drug-likeness (QED) is 0.829. The molecule has 1 saturated heterocycles. The molecule has 1 aliphatic heterocycles. The van der Waals surface area contributed by atoms with Gasteiger partial charge in [-0.25, -0.2) is 8.42 Å². The van der Waals surface area contributed by atoms with Gasteiger partial charge < -0.3 is 5.11 Å². The highest BCUT2D eigenvalue weighted by Crippen LogP contribution is 2.26. The van der Waals surface area contributed by atoms with Gasteiger partial charge in [-0.05, 0) is 31.4 Å². The van der Waals surface area contributed by atoms with Crippen molar-refractivity contribution < 1.29 is 23.1 Å². The zero-order chi connectivity index (χ0) is 15.6. The molecule has 0 aliphatic carbocycles. The molecule has 0 bridgehead atoms. The first-order valence-electron chi connectivity index (χ1n) is 6.63. The molecule has 1 fully saturated rings. The Labute approximate surface area is 123 Å². The maximum Gasteiger partial charge on any atom is 0.303 e. The fraction of sp³-hybridized carbons (Fsp3) is 0.429. The van der Waals surface area contributed by atoms with Crippen LogP contribution in [0.5, 0.6) is 0 Å². The lowest BCUT2D eigenvalue weighted by Gasteiger charge is -2.16. The zero-order valence-electron chi connectivity index (χ0n) is 11.7. The fourth-order valence-corrected chi connectivity index (χ4v) is 4.03. The van der Waals surface area contributed by atoms with Crippen molar-refractivity contribution in [1.29, 1.82) is 0 Å². The number of Topliss-reactive ketones (excluding diaryl/α,β-unsaturated/α-hetero) is 1. The molecule has 0 spiro atoms. The molecule has 0 radical (unpaired) electrons. The van der Waals surface area contributed by atoms with Gasteiger partial charge in [0.15, 0.2) is 5.78 Å². The van der Waals surface area contributed by atoms with Crippen LogP contribution in [0.25, 0.3) is 0 Å². The summed E-state index contributed by atoms with van der Waals surface area (Å²) in [6, 6.07) is 5.92. The van der Waals surface area contributed by atoms with E-state index >= 15 is 0 Å². The molecule has 7 heteroatoms. The van der Waals surface area contributed by atoms with E-state index in [-0.39, 0.29) is 29.6 Å². The number of rotatable bonds is 5. The summed E-state index contributed by atoms with van der Waals surface area (Å²) < 4.78 is 26.3. The highest BCUT2D eigenvalue weighted by atomic mass is 32.2. The van der Waals surface area contributed by atoms with Crippen molar-refractivity contribution in [3.8, 4) is 0 Å². The molecule has 0 aromatic heterocycles. The van der Waals surface area contributed by atoms with E-state index in [2.05, 4.69) is 0 Å². The van der Waals surface area contributed by atoms with Gasteiger partial charge in [-0.1, -0.05) is 12.1 Å². The van der Waals surface area contributed by atoms with Gasteiger partial charge in [0, 0.05) is 25.1 Å². The van der Waals surface area contributed by atoms with Gasteiger partial charge in [-0.3, -0.25) is 9.59 Å². The number of carbonyl (C=O) groups excluding carboxylic acids is 1. The predicted octanol–water partition coefficient (Wildman–Crippen LogP) is 1.37. The Morgan fingerprint density at radius 3 is 2.71 bits per heavy atom. The van der Waals surface area contributed by atoms with Crippen LogP contribution in [0.2, 0.25) is 0 Å². The number of nitrogens with zero attached hydrogens (tertiary/aromatic N) is 1. The summed E-state index contributed by atoms with van der Waals surface area (Å²) in [7, 11) is -3.68. The van der Waals surface area contributed by atoms with Crippen LogP contribution in [-0.4, -0.2) is 42.7 Å². The van der Waals surface area contributed by atoms with Crippen molar-refractivity contribution in [3.05, 3.63) is 29.8 Å². The number of hydrogen-bond acceptors (Lipinski definition) is 4. The van der Waals surface area contributed by atoms with E-state index in [4.69, 9.17) is 5.11 Å². The van der Waals surface area contributed by atoms with Gasteiger partial charge in [0.1, 0.15) is 0 Å². The van der Waals surface area contributed by atoms with E-state index in [1.54, 1.807) is 6.07 Å². The van der Waals surface area contributed by atoms with E-state index in [0.717, 1.165) is 0 Å². The Kier molecular flexibility index (Phi) is 4.43. The van der Waals surface area contributed by atoms with Gasteiger partial charge >= 0.3 is 5.97 Å². The summed E-state index contributed by atoms with van der Waals surface area (Å²) in [4.78, 5) is 22.1. The number of carboxylic acid groups (broad SMARTS) is 1. The van der Waals surface area contributed by atoms with Gasteiger partial charge in [0.25, 0.3) is 0 Å². The Morgan fingerprint density at radius 2 is 2.10 bits per heavy atom. The first kappa shape index (κ1) is 15.7. The van der Waals surface area contributed by atoms with Crippen molar-refractivity contribution in [2.24, 2.45) is 5.92 Å². The Bertz CT molecular complexity index is 668. The van der Waals surface area contributed by atoms with Crippen LogP contribution < -0.4 is 0 Å². The van der Waals surface area contributed by atoms with E-state index in [1.165, 1.54) is 29.4 Å². The molecular weight excluding hydrogens is 294 g/mol. The number of sulfonamides is 1. The minimum Gasteiger partial charge on any atom is -0.481 e. The van der Waals surface area contributed by atoms with E-state index in [0.29, 0.717) is 18.5 Å². The second-order valence-electron chi connectivity index (χ2n) is 5.20. The van der Waals surface area contributed by atoms with E-state index in [9.17, 15) is 18.0 Å². The molecule has 0 amide bonds. The largest absolute Gasteiger partial charge is 0.481 e. The monoisotopic (exact) mass is 311 g/mol. The highest BCUT2D eigenvalue weighted by molar-refractivity contribution is 7.89. The van der Waals surface area contributed by atoms with Gasteiger partial charge in [-0.2, -0.15) is 4.31 Å². The van der Waals surface area contributed by atoms with Crippen molar-refractivity contribution in [2.45, 2.75) is 24.7 Å². The lowest BCUT2D eigenvalue weighted by Crippen LogP contribution is -2.29. The molecule has 1 unspecified atom stereocenters. The first-order valence-corrected chi connectivity index (χ1v) is 8.07. The first-order chi connectivity index (χ1) is 9.80. The van der Waals surface area contributed by atoms with Gasteiger partial charge in [-0.15, -0.1) is 0 Å². The number of ketones is 1. The summed E-state index contributed by atoms with van der Waals surface area (Å²) in [6.45, 7) is 1.90. The molecule has 114 valence electrons. The maximum absolute atomic E-state index is 12.5. The average Bonchev–Trinajstić information content (AvgIpc) is 2.87. The summed E-state index contributed by atoms with van der Waals surface area (Å²) in [5.41, 5.74) is 0.345. The third kappa shape index (κ3) is 3.48. The normalized spacial score (nSPS) is 19.6. The molecule has 2 rings (SSSR count). The number of benzene rings is 1. The second kappa shape index (κ2) is 5.95. The van der Waals surface area contributed by atoms with Crippen LogP contribution >= 0.6 is 0 Å². The van der Waals surface area contributed by atoms with E-state index in [1.807, 2.05) is 0 Å². The average molecular weight is 311 g/mol.